The zero-order chi connectivity index (χ0) is 25.0. The Kier molecular flexibility index (Phi) is 7.50. The van der Waals surface area contributed by atoms with E-state index in [1.54, 1.807) is 12.2 Å². The molecule has 0 saturated carbocycles. The number of carbonyl (C=O) groups is 1. The number of ether oxygens (including phenoxy) is 1. The molecule has 34 heavy (non-hydrogen) atoms. The number of halogens is 6. The summed E-state index contributed by atoms with van der Waals surface area (Å²) >= 11 is 6.10. The van der Waals surface area contributed by atoms with E-state index in [0.29, 0.717) is 17.3 Å². The smallest absolute Gasteiger partial charge is 0.405 e. The second kappa shape index (κ2) is 10.2. The first-order valence-corrected chi connectivity index (χ1v) is 9.96. The second-order valence-corrected chi connectivity index (χ2v) is 7.47. The number of aromatic nitrogens is 3. The van der Waals surface area contributed by atoms with E-state index in [-0.39, 0.29) is 40.8 Å². The van der Waals surface area contributed by atoms with E-state index < -0.39 is 35.8 Å². The highest BCUT2D eigenvalue weighted by Crippen LogP contribution is 2.30. The normalized spacial score (nSPS) is 11.4. The molecule has 2 aromatic heterocycles. The average molecular weight is 503 g/mol. The van der Waals surface area contributed by atoms with E-state index in [2.05, 4.69) is 15.0 Å². The summed E-state index contributed by atoms with van der Waals surface area (Å²) in [5, 5.41) is 1.38. The van der Waals surface area contributed by atoms with E-state index in [0.717, 1.165) is 12.3 Å². The summed E-state index contributed by atoms with van der Waals surface area (Å²) in [5.41, 5.74) is 0.0491. The van der Waals surface area contributed by atoms with Gasteiger partial charge in [0.2, 0.25) is 0 Å². The topological polar surface area (TPSA) is 97.0 Å². The number of pyridine rings is 1. The maximum Gasteiger partial charge on any atom is 0.405 e. The van der Waals surface area contributed by atoms with Gasteiger partial charge in [0.25, 0.3) is 11.5 Å². The van der Waals surface area contributed by atoms with Crippen LogP contribution >= 0.6 is 11.6 Å². The number of benzene rings is 1. The minimum Gasteiger partial charge on any atom is -0.487 e. The predicted octanol–water partition coefficient (Wildman–Crippen LogP) is 3.87. The molecule has 0 aliphatic carbocycles. The van der Waals surface area contributed by atoms with Crippen molar-refractivity contribution in [2.75, 3.05) is 6.54 Å². The monoisotopic (exact) mass is 502 g/mol. The molecular formula is C21H16ClF5N4O3. The lowest BCUT2D eigenvalue weighted by Crippen LogP contribution is -2.34. The van der Waals surface area contributed by atoms with Gasteiger partial charge >= 0.3 is 6.18 Å². The van der Waals surface area contributed by atoms with Crippen LogP contribution in [0.5, 0.6) is 5.75 Å². The average Bonchev–Trinajstić information content (AvgIpc) is 2.76. The number of carbonyl (C=O) groups excluding carboxylic acids is 1. The van der Waals surface area contributed by atoms with Crippen LogP contribution in [-0.2, 0) is 13.0 Å². The van der Waals surface area contributed by atoms with Gasteiger partial charge in [-0.2, -0.15) is 13.2 Å². The molecule has 0 saturated heterocycles. The van der Waals surface area contributed by atoms with Crippen molar-refractivity contribution in [1.82, 2.24) is 20.3 Å². The minimum atomic E-state index is -4.57. The van der Waals surface area contributed by atoms with Gasteiger partial charge in [0, 0.05) is 35.5 Å². The van der Waals surface area contributed by atoms with Gasteiger partial charge in [-0.15, -0.1) is 0 Å². The van der Waals surface area contributed by atoms with Gasteiger partial charge in [-0.1, -0.05) is 11.6 Å². The Bertz CT molecular complexity index is 1260. The highest BCUT2D eigenvalue weighted by atomic mass is 35.5. The number of nitrogens with one attached hydrogen (secondary N) is 2. The fourth-order valence-electron chi connectivity index (χ4n) is 2.87. The van der Waals surface area contributed by atoms with Crippen molar-refractivity contribution in [3.63, 3.8) is 0 Å². The van der Waals surface area contributed by atoms with Crippen LogP contribution in [0.1, 0.15) is 33.0 Å². The molecule has 2 heterocycles. The van der Waals surface area contributed by atoms with Gasteiger partial charge < -0.3 is 15.0 Å². The second-order valence-electron chi connectivity index (χ2n) is 7.09. The number of H-pyrrole nitrogens is 1. The number of aryl methyl sites for hydroxylation is 1. The van der Waals surface area contributed by atoms with Crippen molar-refractivity contribution in [3.8, 4) is 5.75 Å². The van der Waals surface area contributed by atoms with Crippen molar-refractivity contribution in [1.29, 1.82) is 0 Å². The predicted molar refractivity (Wildman–Crippen MR) is 111 cm³/mol. The number of amides is 1. The van der Waals surface area contributed by atoms with Crippen LogP contribution in [0.15, 0.2) is 35.4 Å². The van der Waals surface area contributed by atoms with Gasteiger partial charge in [0.05, 0.1) is 11.9 Å². The van der Waals surface area contributed by atoms with Crippen LogP contribution in [0.2, 0.25) is 5.02 Å². The number of nitrogens with zero attached hydrogens (tertiary/aromatic N) is 2. The van der Waals surface area contributed by atoms with Crippen molar-refractivity contribution in [2.45, 2.75) is 26.1 Å². The lowest BCUT2D eigenvalue weighted by Gasteiger charge is -2.15. The molecule has 3 aromatic rings. The van der Waals surface area contributed by atoms with Crippen LogP contribution in [0.25, 0.3) is 0 Å². The minimum absolute atomic E-state index is 0.00101. The summed E-state index contributed by atoms with van der Waals surface area (Å²) in [5.74, 6) is -2.71. The summed E-state index contributed by atoms with van der Waals surface area (Å²) in [4.78, 5) is 34.2. The van der Waals surface area contributed by atoms with Crippen molar-refractivity contribution in [2.24, 2.45) is 0 Å². The Hall–Kier alpha value is -3.54. The van der Waals surface area contributed by atoms with E-state index in [9.17, 15) is 31.5 Å². The van der Waals surface area contributed by atoms with Gasteiger partial charge in [-0.3, -0.25) is 14.6 Å². The van der Waals surface area contributed by atoms with Crippen LogP contribution < -0.4 is 15.6 Å². The molecule has 0 atom stereocenters. The van der Waals surface area contributed by atoms with Crippen molar-refractivity contribution < 1.29 is 31.5 Å². The van der Waals surface area contributed by atoms with Crippen LogP contribution in [-0.4, -0.2) is 33.6 Å². The van der Waals surface area contributed by atoms with Crippen LogP contribution in [0, 0.1) is 18.6 Å². The van der Waals surface area contributed by atoms with E-state index in [1.165, 1.54) is 12.3 Å². The summed E-state index contributed by atoms with van der Waals surface area (Å²) in [6, 6.07) is 2.92. The molecule has 3 rings (SSSR count). The Labute approximate surface area is 194 Å². The van der Waals surface area contributed by atoms with Gasteiger partial charge in [-0.05, 0) is 19.1 Å². The number of aromatic amines is 1. The highest BCUT2D eigenvalue weighted by molar-refractivity contribution is 6.32. The molecule has 1 amide bonds. The molecule has 0 unspecified atom stereocenters. The first-order valence-electron chi connectivity index (χ1n) is 9.58. The molecule has 0 aliphatic heterocycles. The first kappa shape index (κ1) is 25.1. The molecular weight excluding hydrogens is 487 g/mol. The van der Waals surface area contributed by atoms with E-state index in [1.807, 2.05) is 0 Å². The number of hydrogen-bond donors (Lipinski definition) is 2. The number of hydrogen-bond acceptors (Lipinski definition) is 5. The maximum absolute atomic E-state index is 13.9. The summed E-state index contributed by atoms with van der Waals surface area (Å²) < 4.78 is 69.4. The summed E-state index contributed by atoms with van der Waals surface area (Å²) in [7, 11) is 0. The Morgan fingerprint density at radius 2 is 1.94 bits per heavy atom. The highest BCUT2D eigenvalue weighted by Gasteiger charge is 2.28. The van der Waals surface area contributed by atoms with Gasteiger partial charge in [-0.25, -0.2) is 13.8 Å². The Morgan fingerprint density at radius 3 is 2.56 bits per heavy atom. The third-order valence-electron chi connectivity index (χ3n) is 4.56. The Balaban J connectivity index is 1.82. The lowest BCUT2D eigenvalue weighted by molar-refractivity contribution is -0.123. The largest absolute Gasteiger partial charge is 0.487 e. The number of rotatable bonds is 7. The molecule has 0 aliphatic rings. The van der Waals surface area contributed by atoms with Crippen LogP contribution in [0.4, 0.5) is 22.0 Å². The van der Waals surface area contributed by atoms with Crippen molar-refractivity contribution >= 4 is 17.5 Å². The Morgan fingerprint density at radius 1 is 1.21 bits per heavy atom. The van der Waals surface area contributed by atoms with Crippen molar-refractivity contribution in [3.05, 3.63) is 85.8 Å². The zero-order valence-corrected chi connectivity index (χ0v) is 18.2. The molecule has 2 N–H and O–H groups in total. The van der Waals surface area contributed by atoms with Gasteiger partial charge in [0.1, 0.15) is 41.3 Å². The van der Waals surface area contributed by atoms with E-state index in [4.69, 9.17) is 16.3 Å². The third-order valence-corrected chi connectivity index (χ3v) is 4.90. The molecule has 0 spiro atoms. The quantitative estimate of drug-likeness (QED) is 0.478. The zero-order valence-electron chi connectivity index (χ0n) is 17.4. The fourth-order valence-corrected chi connectivity index (χ4v) is 3.09. The van der Waals surface area contributed by atoms with Crippen LogP contribution in [0.3, 0.4) is 0 Å². The third kappa shape index (κ3) is 6.28. The lowest BCUT2D eigenvalue weighted by atomic mass is 10.1. The first-order chi connectivity index (χ1) is 15.9. The molecule has 0 radical (unpaired) electrons. The van der Waals surface area contributed by atoms with Gasteiger partial charge in [0.15, 0.2) is 0 Å². The van der Waals surface area contributed by atoms with E-state index >= 15 is 0 Å². The molecule has 13 heteroatoms. The molecule has 0 fully saturated rings. The summed E-state index contributed by atoms with van der Waals surface area (Å²) in [6.07, 6.45) is -2.40. The molecule has 0 bridgehead atoms. The molecule has 180 valence electrons. The SMILES string of the molecule is Cc1[nH]c(=O)c(Cl)c(OCc2ccc(F)cc2F)c1Cc1cnc(C(=O)NCC(F)(F)F)cn1. The molecule has 7 nitrogen and oxygen atoms in total. The number of alkyl halides is 3. The fraction of sp³-hybridized carbons (Fsp3) is 0.238. The summed E-state index contributed by atoms with van der Waals surface area (Å²) in [6.45, 7) is -0.309. The molecule has 1 aromatic carbocycles. The standard InChI is InChI=1S/C21H16ClF5N4O3/c1-10-14(5-13-6-29-16(7-28-13)19(32)30-9-21(25,26)27)18(17(22)20(33)31-10)34-8-11-2-3-12(23)4-15(11)24/h2-4,6-7H,5,8-9H2,1H3,(H,30,32)(H,31,33). The maximum atomic E-state index is 13.9.